The second-order valence-electron chi connectivity index (χ2n) is 4.76. The van der Waals surface area contributed by atoms with Crippen LogP contribution in [0.2, 0.25) is 0 Å². The first kappa shape index (κ1) is 13.0. The lowest BCUT2D eigenvalue weighted by molar-refractivity contribution is -0.123. The Balaban J connectivity index is 2.39. The van der Waals surface area contributed by atoms with Crippen LogP contribution in [0.15, 0.2) is 12.3 Å². The van der Waals surface area contributed by atoms with Crippen molar-refractivity contribution in [1.29, 1.82) is 0 Å². The molecule has 1 amide bonds. The Morgan fingerprint density at radius 1 is 1.50 bits per heavy atom. The van der Waals surface area contributed by atoms with Crippen molar-refractivity contribution >= 4 is 24.3 Å². The summed E-state index contributed by atoms with van der Waals surface area (Å²) in [5, 5.41) is 18.5. The van der Waals surface area contributed by atoms with E-state index in [1.165, 1.54) is 6.20 Å². The van der Waals surface area contributed by atoms with Crippen LogP contribution in [0.3, 0.4) is 0 Å². The standard InChI is InChI=1S/C12H17BN2O3/c1-8-4-3-7-15(12(8)16)11-9(2)10(13(17)18)5-6-14-11/h5-6,8,17-18H,3-4,7H2,1-2H3. The van der Waals surface area contributed by atoms with Crippen molar-refractivity contribution in [3.8, 4) is 0 Å². The lowest BCUT2D eigenvalue weighted by atomic mass is 9.78. The van der Waals surface area contributed by atoms with E-state index in [9.17, 15) is 14.8 Å². The minimum Gasteiger partial charge on any atom is -0.423 e. The molecule has 18 heavy (non-hydrogen) atoms. The Bertz CT molecular complexity index is 465. The van der Waals surface area contributed by atoms with Gasteiger partial charge < -0.3 is 10.0 Å². The number of amides is 1. The van der Waals surface area contributed by atoms with E-state index in [1.807, 2.05) is 6.92 Å². The molecule has 1 aliphatic heterocycles. The van der Waals surface area contributed by atoms with Crippen LogP contribution in [-0.2, 0) is 4.79 Å². The average molecular weight is 248 g/mol. The fourth-order valence-electron chi connectivity index (χ4n) is 2.36. The van der Waals surface area contributed by atoms with Gasteiger partial charge in [0.05, 0.1) is 0 Å². The molecule has 1 saturated heterocycles. The molecule has 1 aromatic heterocycles. The van der Waals surface area contributed by atoms with Gasteiger partial charge in [-0.05, 0) is 36.9 Å². The molecule has 1 fully saturated rings. The summed E-state index contributed by atoms with van der Waals surface area (Å²) >= 11 is 0. The zero-order valence-electron chi connectivity index (χ0n) is 10.6. The summed E-state index contributed by atoms with van der Waals surface area (Å²) in [5.74, 6) is 0.598. The first-order chi connectivity index (χ1) is 8.52. The van der Waals surface area contributed by atoms with Crippen molar-refractivity contribution in [3.63, 3.8) is 0 Å². The van der Waals surface area contributed by atoms with Crippen LogP contribution in [0, 0.1) is 12.8 Å². The minimum atomic E-state index is -1.54. The van der Waals surface area contributed by atoms with Gasteiger partial charge in [-0.1, -0.05) is 6.92 Å². The number of carbonyl (C=O) groups is 1. The van der Waals surface area contributed by atoms with Crippen molar-refractivity contribution in [1.82, 2.24) is 4.98 Å². The molecule has 2 heterocycles. The highest BCUT2D eigenvalue weighted by Crippen LogP contribution is 2.24. The van der Waals surface area contributed by atoms with Gasteiger partial charge in [-0.2, -0.15) is 0 Å². The summed E-state index contributed by atoms with van der Waals surface area (Å²) in [5.41, 5.74) is 1.04. The summed E-state index contributed by atoms with van der Waals surface area (Å²) in [6.45, 7) is 4.31. The van der Waals surface area contributed by atoms with Gasteiger partial charge in [0.1, 0.15) is 5.82 Å². The van der Waals surface area contributed by atoms with Crippen LogP contribution in [0.5, 0.6) is 0 Å². The van der Waals surface area contributed by atoms with Gasteiger partial charge in [-0.25, -0.2) is 4.98 Å². The molecule has 96 valence electrons. The molecule has 1 aliphatic rings. The first-order valence-electron chi connectivity index (χ1n) is 6.15. The summed E-state index contributed by atoms with van der Waals surface area (Å²) < 4.78 is 0. The number of hydrogen-bond acceptors (Lipinski definition) is 4. The van der Waals surface area contributed by atoms with Crippen molar-refractivity contribution in [3.05, 3.63) is 17.8 Å². The zero-order chi connectivity index (χ0) is 13.3. The molecule has 0 spiro atoms. The van der Waals surface area contributed by atoms with Crippen LogP contribution < -0.4 is 10.4 Å². The van der Waals surface area contributed by atoms with Crippen LogP contribution in [0.1, 0.15) is 25.3 Å². The lowest BCUT2D eigenvalue weighted by Crippen LogP contribution is -2.43. The third-order valence-corrected chi connectivity index (χ3v) is 3.46. The molecule has 0 saturated carbocycles. The highest BCUT2D eigenvalue weighted by atomic mass is 16.4. The number of carbonyl (C=O) groups excluding carboxylic acids is 1. The van der Waals surface area contributed by atoms with E-state index in [0.717, 1.165) is 12.8 Å². The smallest absolute Gasteiger partial charge is 0.423 e. The van der Waals surface area contributed by atoms with Crippen molar-refractivity contribution < 1.29 is 14.8 Å². The largest absolute Gasteiger partial charge is 0.488 e. The van der Waals surface area contributed by atoms with Crippen molar-refractivity contribution in [2.24, 2.45) is 5.92 Å². The van der Waals surface area contributed by atoms with Gasteiger partial charge in [0, 0.05) is 18.7 Å². The van der Waals surface area contributed by atoms with E-state index >= 15 is 0 Å². The summed E-state index contributed by atoms with van der Waals surface area (Å²) in [7, 11) is -1.54. The third-order valence-electron chi connectivity index (χ3n) is 3.46. The molecule has 6 heteroatoms. The van der Waals surface area contributed by atoms with E-state index in [2.05, 4.69) is 4.98 Å². The Hall–Kier alpha value is -1.40. The quantitative estimate of drug-likeness (QED) is 0.713. The molecule has 0 bridgehead atoms. The van der Waals surface area contributed by atoms with Gasteiger partial charge in [0.25, 0.3) is 0 Å². The Morgan fingerprint density at radius 3 is 2.89 bits per heavy atom. The van der Waals surface area contributed by atoms with E-state index in [0.29, 0.717) is 23.4 Å². The lowest BCUT2D eigenvalue weighted by Gasteiger charge is -2.31. The summed E-state index contributed by atoms with van der Waals surface area (Å²) in [6, 6.07) is 1.56. The van der Waals surface area contributed by atoms with Gasteiger partial charge in [-0.3, -0.25) is 9.69 Å². The molecule has 0 aliphatic carbocycles. The Labute approximate surface area is 107 Å². The Morgan fingerprint density at radius 2 is 2.22 bits per heavy atom. The van der Waals surface area contributed by atoms with Gasteiger partial charge >= 0.3 is 7.12 Å². The number of rotatable bonds is 2. The average Bonchev–Trinajstić information content (AvgIpc) is 2.33. The van der Waals surface area contributed by atoms with Crippen molar-refractivity contribution in [2.75, 3.05) is 11.4 Å². The molecule has 5 nitrogen and oxygen atoms in total. The molecule has 2 N–H and O–H groups in total. The molecule has 0 radical (unpaired) electrons. The van der Waals surface area contributed by atoms with Gasteiger partial charge in [0.2, 0.25) is 5.91 Å². The molecule has 1 unspecified atom stereocenters. The predicted molar refractivity (Wildman–Crippen MR) is 69.6 cm³/mol. The second-order valence-corrected chi connectivity index (χ2v) is 4.76. The van der Waals surface area contributed by atoms with E-state index in [1.54, 1.807) is 17.9 Å². The highest BCUT2D eigenvalue weighted by molar-refractivity contribution is 6.59. The number of pyridine rings is 1. The summed E-state index contributed by atoms with van der Waals surface area (Å²) in [6.07, 6.45) is 3.35. The molecule has 1 aromatic rings. The normalized spacial score (nSPS) is 20.1. The Kier molecular flexibility index (Phi) is 3.68. The van der Waals surface area contributed by atoms with Crippen LogP contribution >= 0.6 is 0 Å². The topological polar surface area (TPSA) is 73.7 Å². The van der Waals surface area contributed by atoms with E-state index < -0.39 is 7.12 Å². The minimum absolute atomic E-state index is 0.00246. The van der Waals surface area contributed by atoms with Crippen LogP contribution in [0.4, 0.5) is 5.82 Å². The number of anilines is 1. The molecular weight excluding hydrogens is 231 g/mol. The third kappa shape index (κ3) is 2.26. The molecule has 0 aromatic carbocycles. The zero-order valence-corrected chi connectivity index (χ0v) is 10.6. The van der Waals surface area contributed by atoms with Crippen molar-refractivity contribution in [2.45, 2.75) is 26.7 Å². The number of nitrogens with zero attached hydrogens (tertiary/aromatic N) is 2. The molecule has 2 rings (SSSR count). The number of aromatic nitrogens is 1. The maximum Gasteiger partial charge on any atom is 0.488 e. The SMILES string of the molecule is Cc1c(B(O)O)ccnc1N1CCCC(C)C1=O. The number of piperidine rings is 1. The van der Waals surface area contributed by atoms with E-state index in [4.69, 9.17) is 0 Å². The molecular formula is C12H17BN2O3. The summed E-state index contributed by atoms with van der Waals surface area (Å²) in [4.78, 5) is 18.0. The van der Waals surface area contributed by atoms with Crippen LogP contribution in [0.25, 0.3) is 0 Å². The monoisotopic (exact) mass is 248 g/mol. The second kappa shape index (κ2) is 5.08. The fourth-order valence-corrected chi connectivity index (χ4v) is 2.36. The predicted octanol–water partition coefficient (Wildman–Crippen LogP) is -0.167. The van der Waals surface area contributed by atoms with Gasteiger partial charge in [0.15, 0.2) is 0 Å². The molecule has 1 atom stereocenters. The first-order valence-corrected chi connectivity index (χ1v) is 6.15. The van der Waals surface area contributed by atoms with Gasteiger partial charge in [-0.15, -0.1) is 0 Å². The fraction of sp³-hybridized carbons (Fsp3) is 0.500. The maximum absolute atomic E-state index is 12.1. The maximum atomic E-state index is 12.1. The highest BCUT2D eigenvalue weighted by Gasteiger charge is 2.29. The van der Waals surface area contributed by atoms with E-state index in [-0.39, 0.29) is 11.8 Å². The van der Waals surface area contributed by atoms with Crippen LogP contribution in [-0.4, -0.2) is 34.6 Å². The number of hydrogen-bond donors (Lipinski definition) is 2.